The van der Waals surface area contributed by atoms with Crippen molar-refractivity contribution in [1.29, 1.82) is 0 Å². The number of carbonyl (C=O) groups excluding carboxylic acids is 1. The fourth-order valence-electron chi connectivity index (χ4n) is 4.37. The van der Waals surface area contributed by atoms with E-state index in [1.807, 2.05) is 36.4 Å². The molecule has 31 heavy (non-hydrogen) atoms. The Labute approximate surface area is 184 Å². The van der Waals surface area contributed by atoms with Gasteiger partial charge in [0.2, 0.25) is 0 Å². The number of carbonyl (C=O) groups is 1. The first-order valence-electron chi connectivity index (χ1n) is 10.3. The quantitative estimate of drug-likeness (QED) is 0.482. The number of Topliss-reactive ketones (excluding diaryl/α,β-unsaturated/α-hetero) is 1. The first-order valence-corrected chi connectivity index (χ1v) is 10.7. The Morgan fingerprint density at radius 2 is 1.90 bits per heavy atom. The Hall–Kier alpha value is -3.25. The van der Waals surface area contributed by atoms with E-state index in [0.29, 0.717) is 22.8 Å². The van der Waals surface area contributed by atoms with Crippen molar-refractivity contribution < 1.29 is 9.90 Å². The number of para-hydroxylation sites is 1. The van der Waals surface area contributed by atoms with Crippen LogP contribution < -0.4 is 0 Å². The number of phenols is 1. The monoisotopic (exact) mass is 432 g/mol. The summed E-state index contributed by atoms with van der Waals surface area (Å²) >= 11 is 6.25. The van der Waals surface area contributed by atoms with Gasteiger partial charge in [0.25, 0.3) is 0 Å². The molecule has 0 bridgehead atoms. The molecule has 0 fully saturated rings. The number of aromatic nitrogens is 4. The molecule has 5 rings (SSSR count). The summed E-state index contributed by atoms with van der Waals surface area (Å²) in [6.07, 6.45) is 0.823. The van der Waals surface area contributed by atoms with Crippen LogP contribution in [-0.4, -0.2) is 30.7 Å². The van der Waals surface area contributed by atoms with Crippen molar-refractivity contribution in [3.05, 3.63) is 76.2 Å². The summed E-state index contributed by atoms with van der Waals surface area (Å²) in [4.78, 5) is 12.9. The molecule has 4 aromatic rings. The molecular weight excluding hydrogens is 412 g/mol. The summed E-state index contributed by atoms with van der Waals surface area (Å²) in [6, 6.07) is 14.8. The van der Waals surface area contributed by atoms with Gasteiger partial charge in [0.1, 0.15) is 5.75 Å². The smallest absolute Gasteiger partial charge is 0.185 e. The molecule has 1 atom stereocenters. The minimum atomic E-state index is -0.144. The molecule has 2 aromatic heterocycles. The lowest BCUT2D eigenvalue weighted by molar-refractivity contribution is 0.0955. The Balaban J connectivity index is 1.72. The van der Waals surface area contributed by atoms with Crippen molar-refractivity contribution >= 4 is 23.0 Å². The normalized spacial score (nSPS) is 16.1. The van der Waals surface area contributed by atoms with Gasteiger partial charge in [0.05, 0.1) is 17.0 Å². The van der Waals surface area contributed by atoms with E-state index in [2.05, 4.69) is 24.0 Å². The third kappa shape index (κ3) is 3.27. The maximum absolute atomic E-state index is 12.9. The molecule has 0 aliphatic heterocycles. The molecule has 0 spiro atoms. The predicted molar refractivity (Wildman–Crippen MR) is 119 cm³/mol. The van der Waals surface area contributed by atoms with Gasteiger partial charge in [0, 0.05) is 17.4 Å². The first-order chi connectivity index (χ1) is 14.9. The van der Waals surface area contributed by atoms with Gasteiger partial charge in [-0.25, -0.2) is 4.52 Å². The minimum absolute atomic E-state index is 0.0881. The lowest BCUT2D eigenvalue weighted by Gasteiger charge is -2.23. The van der Waals surface area contributed by atoms with Crippen LogP contribution in [0.2, 0.25) is 5.02 Å². The number of halogens is 1. The zero-order valence-electron chi connectivity index (χ0n) is 17.2. The van der Waals surface area contributed by atoms with Gasteiger partial charge >= 0.3 is 0 Å². The van der Waals surface area contributed by atoms with E-state index < -0.39 is 0 Å². The second kappa shape index (κ2) is 7.46. The maximum atomic E-state index is 12.9. The van der Waals surface area contributed by atoms with E-state index in [9.17, 15) is 9.90 Å². The molecule has 0 unspecified atom stereocenters. The molecule has 0 saturated heterocycles. The van der Waals surface area contributed by atoms with Gasteiger partial charge in [-0.3, -0.25) is 4.79 Å². The lowest BCUT2D eigenvalue weighted by atomic mass is 9.83. The third-order valence-electron chi connectivity index (χ3n) is 5.83. The Morgan fingerprint density at radius 1 is 1.10 bits per heavy atom. The number of benzene rings is 2. The van der Waals surface area contributed by atoms with Gasteiger partial charge in [-0.2, -0.15) is 5.10 Å². The summed E-state index contributed by atoms with van der Waals surface area (Å²) in [5.74, 6) is 0.106. The van der Waals surface area contributed by atoms with Crippen molar-refractivity contribution in [2.24, 2.45) is 0 Å². The Morgan fingerprint density at radius 3 is 2.65 bits per heavy atom. The maximum Gasteiger partial charge on any atom is 0.185 e. The topological polar surface area (TPSA) is 80.4 Å². The van der Waals surface area contributed by atoms with Gasteiger partial charge in [-0.05, 0) is 41.7 Å². The summed E-state index contributed by atoms with van der Waals surface area (Å²) < 4.78 is 1.76. The molecule has 1 aliphatic carbocycles. The summed E-state index contributed by atoms with van der Waals surface area (Å²) in [5, 5.41) is 24.5. The average molecular weight is 433 g/mol. The Bertz CT molecular complexity index is 1330. The van der Waals surface area contributed by atoms with Crippen LogP contribution in [0.1, 0.15) is 59.5 Å². The highest BCUT2D eigenvalue weighted by molar-refractivity contribution is 6.30. The second-order valence-electron chi connectivity index (χ2n) is 8.24. The molecule has 6 nitrogen and oxygen atoms in total. The van der Waals surface area contributed by atoms with E-state index in [-0.39, 0.29) is 29.8 Å². The van der Waals surface area contributed by atoms with Gasteiger partial charge in [0.15, 0.2) is 17.1 Å². The van der Waals surface area contributed by atoms with Gasteiger partial charge in [-0.1, -0.05) is 55.8 Å². The number of rotatable bonds is 3. The summed E-state index contributed by atoms with van der Waals surface area (Å²) in [7, 11) is 0. The highest BCUT2D eigenvalue weighted by atomic mass is 35.5. The predicted octanol–water partition coefficient (Wildman–Crippen LogP) is 5.19. The number of hydrogen-bond donors (Lipinski definition) is 1. The fraction of sp³-hybridized carbons (Fsp3) is 0.250. The van der Waals surface area contributed by atoms with E-state index >= 15 is 0 Å². The average Bonchev–Trinajstić information content (AvgIpc) is 3.14. The number of ketones is 1. The van der Waals surface area contributed by atoms with Gasteiger partial charge in [-0.15, -0.1) is 10.2 Å². The molecule has 1 aliphatic rings. The molecule has 0 amide bonds. The van der Waals surface area contributed by atoms with Crippen LogP contribution >= 0.6 is 11.6 Å². The SMILES string of the molecule is CC(C)c1nn2c3c(nnc2c1-c1cccc(Cl)c1)C(=O)C[C@@H](c1ccccc1O)C3. The minimum Gasteiger partial charge on any atom is -0.508 e. The molecular formula is C24H21ClN4O2. The largest absolute Gasteiger partial charge is 0.508 e. The van der Waals surface area contributed by atoms with Crippen molar-refractivity contribution in [2.75, 3.05) is 0 Å². The van der Waals surface area contributed by atoms with E-state index in [1.54, 1.807) is 16.6 Å². The summed E-state index contributed by atoms with van der Waals surface area (Å²) in [5.41, 5.74) is 5.12. The summed E-state index contributed by atoms with van der Waals surface area (Å²) in [6.45, 7) is 4.15. The molecule has 156 valence electrons. The van der Waals surface area contributed by atoms with Crippen LogP contribution in [0.25, 0.3) is 16.8 Å². The van der Waals surface area contributed by atoms with Crippen LogP contribution in [0.5, 0.6) is 5.75 Å². The molecule has 2 aromatic carbocycles. The van der Waals surface area contributed by atoms with Gasteiger partial charge < -0.3 is 5.11 Å². The van der Waals surface area contributed by atoms with Crippen LogP contribution in [0.3, 0.4) is 0 Å². The highest BCUT2D eigenvalue weighted by Gasteiger charge is 2.33. The highest BCUT2D eigenvalue weighted by Crippen LogP contribution is 2.38. The Kier molecular flexibility index (Phi) is 4.74. The van der Waals surface area contributed by atoms with E-state index in [0.717, 1.165) is 28.1 Å². The third-order valence-corrected chi connectivity index (χ3v) is 6.07. The van der Waals surface area contributed by atoms with Crippen LogP contribution in [0.4, 0.5) is 0 Å². The number of nitrogens with zero attached hydrogens (tertiary/aromatic N) is 4. The molecule has 0 radical (unpaired) electrons. The van der Waals surface area contributed by atoms with Crippen molar-refractivity contribution in [3.63, 3.8) is 0 Å². The fourth-order valence-corrected chi connectivity index (χ4v) is 4.56. The number of phenolic OH excluding ortho intramolecular Hbond substituents is 1. The molecule has 0 saturated carbocycles. The molecule has 1 N–H and O–H groups in total. The molecule has 7 heteroatoms. The number of hydrogen-bond acceptors (Lipinski definition) is 5. The van der Waals surface area contributed by atoms with Crippen LogP contribution in [0.15, 0.2) is 48.5 Å². The lowest BCUT2D eigenvalue weighted by Crippen LogP contribution is -2.24. The number of fused-ring (bicyclic) bond motifs is 3. The van der Waals surface area contributed by atoms with Crippen molar-refractivity contribution in [3.8, 4) is 16.9 Å². The first kappa shape index (κ1) is 19.7. The van der Waals surface area contributed by atoms with E-state index in [1.165, 1.54) is 0 Å². The number of aromatic hydroxyl groups is 1. The second-order valence-corrected chi connectivity index (χ2v) is 8.68. The van der Waals surface area contributed by atoms with E-state index in [4.69, 9.17) is 16.7 Å². The van der Waals surface area contributed by atoms with Crippen LogP contribution in [0, 0.1) is 0 Å². The molecule has 2 heterocycles. The zero-order chi connectivity index (χ0) is 21.7. The van der Waals surface area contributed by atoms with Crippen LogP contribution in [-0.2, 0) is 6.42 Å². The zero-order valence-corrected chi connectivity index (χ0v) is 18.0. The standard InChI is InChI=1S/C24H21ClN4O2/c1-13(2)22-21(14-6-5-7-16(25)10-14)24-27-26-23-18(29(24)28-22)11-15(12-20(23)31)17-8-3-4-9-19(17)30/h3-10,13,15,30H,11-12H2,1-2H3/t15-/m0/s1. The van der Waals surface area contributed by atoms with Crippen molar-refractivity contribution in [2.45, 2.75) is 38.5 Å². The van der Waals surface area contributed by atoms with Crippen molar-refractivity contribution in [1.82, 2.24) is 19.8 Å².